The fourth-order valence-electron chi connectivity index (χ4n) is 3.03. The van der Waals surface area contributed by atoms with Crippen LogP contribution in [0.25, 0.3) is 0 Å². The van der Waals surface area contributed by atoms with Gasteiger partial charge in [-0.1, -0.05) is 43.7 Å². The molecule has 1 aliphatic rings. The molecule has 0 aliphatic carbocycles. The molecule has 8 nitrogen and oxygen atoms in total. The minimum absolute atomic E-state index is 0.0145. The van der Waals surface area contributed by atoms with Crippen molar-refractivity contribution in [3.63, 3.8) is 0 Å². The lowest BCUT2D eigenvalue weighted by Gasteiger charge is -2.29. The van der Waals surface area contributed by atoms with Gasteiger partial charge < -0.3 is 15.3 Å². The van der Waals surface area contributed by atoms with Crippen LogP contribution in [0.4, 0.5) is 13.2 Å². The number of nitrogens with zero attached hydrogens (tertiary/aromatic N) is 2. The summed E-state index contributed by atoms with van der Waals surface area (Å²) in [5.41, 5.74) is 2.11. The number of carbonyl (C=O) groups is 2. The van der Waals surface area contributed by atoms with Gasteiger partial charge in [0.25, 0.3) is 0 Å². The molecular weight excluding hydrogens is 463 g/mol. The zero-order chi connectivity index (χ0) is 25.2. The summed E-state index contributed by atoms with van der Waals surface area (Å²) in [6, 6.07) is 7.89. The number of carboxylic acids is 1. The van der Waals surface area contributed by atoms with Crippen LogP contribution < -0.4 is 5.32 Å². The predicted octanol–water partition coefficient (Wildman–Crippen LogP) is 1.89. The largest absolute Gasteiger partial charge is 0.490 e. The first-order valence-corrected chi connectivity index (χ1v) is 12.1. The number of carbonyl (C=O) groups excluding carboxylic acids is 1. The van der Waals surface area contributed by atoms with E-state index in [0.717, 1.165) is 11.1 Å². The van der Waals surface area contributed by atoms with E-state index in [4.69, 9.17) is 9.90 Å². The maximum atomic E-state index is 12.7. The molecule has 1 aromatic rings. The predicted molar refractivity (Wildman–Crippen MR) is 118 cm³/mol. The van der Waals surface area contributed by atoms with Gasteiger partial charge in [-0.2, -0.15) is 17.5 Å². The molecule has 0 unspecified atom stereocenters. The highest BCUT2D eigenvalue weighted by Crippen LogP contribution is 2.13. The first-order chi connectivity index (χ1) is 15.2. The molecule has 12 heteroatoms. The summed E-state index contributed by atoms with van der Waals surface area (Å²) in [4.78, 5) is 23.3. The zero-order valence-electron chi connectivity index (χ0n) is 19.1. The lowest BCUT2D eigenvalue weighted by molar-refractivity contribution is -0.192. The van der Waals surface area contributed by atoms with E-state index in [-0.39, 0.29) is 18.2 Å². The summed E-state index contributed by atoms with van der Waals surface area (Å²) in [6.07, 6.45) is -4.78. The van der Waals surface area contributed by atoms with Gasteiger partial charge in [0.1, 0.15) is 0 Å². The second kappa shape index (κ2) is 12.9. The first kappa shape index (κ1) is 28.9. The Labute approximate surface area is 192 Å². The number of sulfonamides is 1. The van der Waals surface area contributed by atoms with Gasteiger partial charge in [-0.15, -0.1) is 0 Å². The Balaban J connectivity index is 0.000000675. The van der Waals surface area contributed by atoms with Crippen LogP contribution >= 0.6 is 0 Å². The molecular formula is C21H32F3N3O5S. The molecule has 0 saturated carbocycles. The number of nitrogens with one attached hydrogen (secondary N) is 1. The van der Waals surface area contributed by atoms with Crippen molar-refractivity contribution in [1.29, 1.82) is 0 Å². The van der Waals surface area contributed by atoms with Gasteiger partial charge in [-0.3, -0.25) is 4.79 Å². The molecule has 1 heterocycles. The number of piperazine rings is 1. The summed E-state index contributed by atoms with van der Waals surface area (Å²) in [6.45, 7) is 9.28. The summed E-state index contributed by atoms with van der Waals surface area (Å²) >= 11 is 0. The van der Waals surface area contributed by atoms with Crippen molar-refractivity contribution in [1.82, 2.24) is 14.5 Å². The highest BCUT2D eigenvalue weighted by Gasteiger charge is 2.38. The Morgan fingerprint density at radius 3 is 2.12 bits per heavy atom. The molecule has 1 aliphatic heterocycles. The summed E-state index contributed by atoms with van der Waals surface area (Å²) < 4.78 is 58.4. The number of aliphatic carboxylic acids is 1. The lowest BCUT2D eigenvalue weighted by atomic mass is 10.1. The number of amides is 1. The van der Waals surface area contributed by atoms with Gasteiger partial charge in [0.05, 0.1) is 12.2 Å². The molecule has 1 amide bonds. The zero-order valence-corrected chi connectivity index (χ0v) is 19.9. The van der Waals surface area contributed by atoms with Gasteiger partial charge in [0.15, 0.2) is 0 Å². The molecule has 1 fully saturated rings. The van der Waals surface area contributed by atoms with E-state index < -0.39 is 22.2 Å². The van der Waals surface area contributed by atoms with Crippen LogP contribution in [0.2, 0.25) is 0 Å². The van der Waals surface area contributed by atoms with E-state index in [1.54, 1.807) is 4.90 Å². The van der Waals surface area contributed by atoms with E-state index in [1.807, 2.05) is 45.0 Å². The third-order valence-corrected chi connectivity index (χ3v) is 6.60. The monoisotopic (exact) mass is 495 g/mol. The Morgan fingerprint density at radius 2 is 1.67 bits per heavy atom. The van der Waals surface area contributed by atoms with E-state index in [9.17, 15) is 26.4 Å². The highest BCUT2D eigenvalue weighted by atomic mass is 32.2. The fourth-order valence-corrected chi connectivity index (χ4v) is 4.48. The van der Waals surface area contributed by atoms with E-state index >= 15 is 0 Å². The summed E-state index contributed by atoms with van der Waals surface area (Å²) in [5.74, 6) is -2.50. The molecule has 2 N–H and O–H groups in total. The average molecular weight is 496 g/mol. The number of benzene rings is 1. The normalized spacial score (nSPS) is 15.0. The molecule has 0 atom stereocenters. The van der Waals surface area contributed by atoms with Crippen LogP contribution in [0.3, 0.4) is 0 Å². The van der Waals surface area contributed by atoms with Gasteiger partial charge in [0.2, 0.25) is 15.9 Å². The second-order valence-electron chi connectivity index (χ2n) is 8.16. The molecule has 1 aromatic carbocycles. The van der Waals surface area contributed by atoms with Gasteiger partial charge >= 0.3 is 12.1 Å². The number of halogens is 3. The number of aryl methyl sites for hydroxylation is 1. The van der Waals surface area contributed by atoms with Crippen molar-refractivity contribution in [3.05, 3.63) is 35.4 Å². The van der Waals surface area contributed by atoms with Crippen LogP contribution in [0, 0.1) is 12.8 Å². The van der Waals surface area contributed by atoms with Crippen LogP contribution in [-0.2, 0) is 26.0 Å². The quantitative estimate of drug-likeness (QED) is 0.571. The highest BCUT2D eigenvalue weighted by molar-refractivity contribution is 7.89. The van der Waals surface area contributed by atoms with E-state index in [1.165, 1.54) is 4.31 Å². The molecule has 0 bridgehead atoms. The molecule has 0 aromatic heterocycles. The van der Waals surface area contributed by atoms with Crippen molar-refractivity contribution in [3.8, 4) is 0 Å². The lowest BCUT2D eigenvalue weighted by Crippen LogP contribution is -2.48. The minimum atomic E-state index is -5.08. The maximum absolute atomic E-state index is 12.7. The van der Waals surface area contributed by atoms with Gasteiger partial charge in [-0.05, 0) is 18.4 Å². The van der Waals surface area contributed by atoms with Crippen LogP contribution in [0.1, 0.15) is 25.0 Å². The third kappa shape index (κ3) is 11.0. The number of alkyl halides is 3. The minimum Gasteiger partial charge on any atom is -0.475 e. The van der Waals surface area contributed by atoms with E-state index in [2.05, 4.69) is 5.32 Å². The Kier molecular flexibility index (Phi) is 11.3. The van der Waals surface area contributed by atoms with Gasteiger partial charge in [0, 0.05) is 39.3 Å². The average Bonchev–Trinajstić information content (AvgIpc) is 2.73. The SMILES string of the molecule is Cc1ccc(CC(=O)N(CCS(=O)(=O)N2CCNCC2)CC(C)C)cc1.O=C(O)C(F)(F)F. The molecule has 2 rings (SSSR count). The fraction of sp³-hybridized carbons (Fsp3) is 0.619. The van der Waals surface area contributed by atoms with Crippen LogP contribution in [-0.4, -0.2) is 85.8 Å². The topological polar surface area (TPSA) is 107 Å². The Morgan fingerprint density at radius 1 is 1.15 bits per heavy atom. The van der Waals surface area contributed by atoms with Crippen molar-refractivity contribution in [2.24, 2.45) is 5.92 Å². The molecule has 33 heavy (non-hydrogen) atoms. The molecule has 0 radical (unpaired) electrons. The number of hydrogen-bond donors (Lipinski definition) is 2. The number of carboxylic acid groups (broad SMARTS) is 1. The molecule has 1 saturated heterocycles. The van der Waals surface area contributed by atoms with Crippen LogP contribution in [0.15, 0.2) is 24.3 Å². The maximum Gasteiger partial charge on any atom is 0.490 e. The molecule has 0 spiro atoms. The Bertz CT molecular complexity index is 868. The first-order valence-electron chi connectivity index (χ1n) is 10.5. The standard InChI is InChI=1S/C19H31N3O3S.C2HF3O2/c1-16(2)15-21(19(23)14-18-6-4-17(3)5-7-18)12-13-26(24,25)22-10-8-20-9-11-22;3-2(4,5)1(6)7/h4-7,16,20H,8-15H2,1-3H3;(H,6,7). The van der Waals surface area contributed by atoms with E-state index in [0.29, 0.717) is 45.1 Å². The van der Waals surface area contributed by atoms with Crippen molar-refractivity contribution in [2.45, 2.75) is 33.4 Å². The van der Waals surface area contributed by atoms with Crippen LogP contribution in [0.5, 0.6) is 0 Å². The summed E-state index contributed by atoms with van der Waals surface area (Å²) in [7, 11) is -3.33. The smallest absolute Gasteiger partial charge is 0.475 e. The number of hydrogen-bond acceptors (Lipinski definition) is 5. The third-order valence-electron chi connectivity index (χ3n) is 4.75. The molecule has 188 valence electrons. The van der Waals surface area contributed by atoms with Crippen molar-refractivity contribution < 1.29 is 36.3 Å². The number of rotatable bonds is 8. The Hall–Kier alpha value is -2.18. The van der Waals surface area contributed by atoms with Gasteiger partial charge in [-0.25, -0.2) is 13.2 Å². The summed E-state index contributed by atoms with van der Waals surface area (Å²) in [5, 5.41) is 10.3. The van der Waals surface area contributed by atoms with Crippen molar-refractivity contribution >= 4 is 21.9 Å². The second-order valence-corrected chi connectivity index (χ2v) is 10.3. The van der Waals surface area contributed by atoms with Crippen molar-refractivity contribution in [2.75, 3.05) is 45.0 Å².